The second-order valence-electron chi connectivity index (χ2n) is 7.83. The summed E-state index contributed by atoms with van der Waals surface area (Å²) < 4.78 is 19.1. The lowest BCUT2D eigenvalue weighted by Gasteiger charge is -2.38. The molecule has 2 rings (SSSR count). The Bertz CT molecular complexity index is 602. The average Bonchev–Trinajstić information content (AvgIpc) is 2.84. The first-order valence-electron chi connectivity index (χ1n) is 8.26. The van der Waals surface area contributed by atoms with Gasteiger partial charge in [-0.2, -0.15) is 0 Å². The third kappa shape index (κ3) is 4.61. The van der Waals surface area contributed by atoms with E-state index in [-0.39, 0.29) is 11.1 Å². The lowest BCUT2D eigenvalue weighted by atomic mass is 10.2. The second kappa shape index (κ2) is 6.99. The van der Waals surface area contributed by atoms with Crippen LogP contribution in [0, 0.1) is 6.92 Å². The Hall–Kier alpha value is -0.783. The standard InChI is InChI=1S/C18H29NO2SSi/c1-14-7-9-15(10-8-14)22(20)13-16-17(11-12-19-16)21-23(5,6)18(2,3)4/h7-10,17H,11-13H2,1-6H3/t17-,22?/m1/s1. The van der Waals surface area contributed by atoms with Gasteiger partial charge in [-0.15, -0.1) is 0 Å². The molecular weight excluding hydrogens is 322 g/mol. The summed E-state index contributed by atoms with van der Waals surface area (Å²) in [7, 11) is -2.88. The summed E-state index contributed by atoms with van der Waals surface area (Å²) in [5.74, 6) is 0.488. The van der Waals surface area contributed by atoms with Crippen molar-refractivity contribution in [1.82, 2.24) is 0 Å². The molecule has 128 valence electrons. The predicted octanol–water partition coefficient (Wildman–Crippen LogP) is 4.34. The molecule has 5 heteroatoms. The fraction of sp³-hybridized carbons (Fsp3) is 0.611. The number of aliphatic imine (C=N–C) groups is 1. The predicted molar refractivity (Wildman–Crippen MR) is 101 cm³/mol. The lowest BCUT2D eigenvalue weighted by molar-refractivity contribution is 0.242. The zero-order valence-corrected chi connectivity index (χ0v) is 17.0. The van der Waals surface area contributed by atoms with Crippen molar-refractivity contribution in [2.24, 2.45) is 4.99 Å². The molecule has 1 aromatic rings. The van der Waals surface area contributed by atoms with Crippen LogP contribution in [-0.4, -0.2) is 36.6 Å². The molecule has 1 unspecified atom stereocenters. The maximum absolute atomic E-state index is 12.6. The summed E-state index contributed by atoms with van der Waals surface area (Å²) in [5, 5.41) is 0.177. The highest BCUT2D eigenvalue weighted by Gasteiger charge is 2.40. The molecule has 1 aliphatic heterocycles. The van der Waals surface area contributed by atoms with Crippen LogP contribution in [0.4, 0.5) is 0 Å². The normalized spacial score (nSPS) is 20.4. The van der Waals surface area contributed by atoms with Crippen molar-refractivity contribution < 1.29 is 8.63 Å². The number of benzene rings is 1. The Morgan fingerprint density at radius 2 is 1.87 bits per heavy atom. The zero-order chi connectivity index (χ0) is 17.3. The van der Waals surface area contributed by atoms with Gasteiger partial charge >= 0.3 is 0 Å². The van der Waals surface area contributed by atoms with Crippen molar-refractivity contribution in [2.75, 3.05) is 12.3 Å². The maximum Gasteiger partial charge on any atom is 0.192 e. The van der Waals surface area contributed by atoms with Crippen molar-refractivity contribution in [3.63, 3.8) is 0 Å². The zero-order valence-electron chi connectivity index (χ0n) is 15.2. The van der Waals surface area contributed by atoms with Crippen molar-refractivity contribution in [3.8, 4) is 0 Å². The summed E-state index contributed by atoms with van der Waals surface area (Å²) in [6.45, 7) is 14.1. The van der Waals surface area contributed by atoms with E-state index in [1.165, 1.54) is 5.56 Å². The van der Waals surface area contributed by atoms with Crippen LogP contribution >= 0.6 is 0 Å². The number of hydrogen-bond donors (Lipinski definition) is 0. The first-order chi connectivity index (χ1) is 10.6. The Labute approximate surface area is 144 Å². The highest BCUT2D eigenvalue weighted by atomic mass is 32.2. The Morgan fingerprint density at radius 1 is 1.26 bits per heavy atom. The number of rotatable bonds is 5. The van der Waals surface area contributed by atoms with Gasteiger partial charge in [-0.1, -0.05) is 38.5 Å². The number of aryl methyl sites for hydroxylation is 1. The van der Waals surface area contributed by atoms with Crippen LogP contribution in [0.15, 0.2) is 34.2 Å². The van der Waals surface area contributed by atoms with Crippen LogP contribution in [0.2, 0.25) is 18.1 Å². The quantitative estimate of drug-likeness (QED) is 0.740. The van der Waals surface area contributed by atoms with Gasteiger partial charge in [-0.25, -0.2) is 0 Å². The first-order valence-corrected chi connectivity index (χ1v) is 12.5. The van der Waals surface area contributed by atoms with E-state index in [9.17, 15) is 4.21 Å². The fourth-order valence-corrected chi connectivity index (χ4v) is 4.77. The molecule has 2 atom stereocenters. The van der Waals surface area contributed by atoms with E-state index in [0.717, 1.165) is 23.6 Å². The third-order valence-corrected chi connectivity index (χ3v) is 10.7. The molecule has 3 nitrogen and oxygen atoms in total. The number of nitrogens with zero attached hydrogens (tertiary/aromatic N) is 1. The Morgan fingerprint density at radius 3 is 2.43 bits per heavy atom. The summed E-state index contributed by atoms with van der Waals surface area (Å²) in [5.41, 5.74) is 2.16. The van der Waals surface area contributed by atoms with Crippen LogP contribution in [0.25, 0.3) is 0 Å². The summed E-state index contributed by atoms with van der Waals surface area (Å²) in [6.07, 6.45) is 0.970. The topological polar surface area (TPSA) is 38.7 Å². The molecule has 0 aliphatic carbocycles. The van der Waals surface area contributed by atoms with Gasteiger partial charge in [0.2, 0.25) is 0 Å². The van der Waals surface area contributed by atoms with Gasteiger partial charge in [0.1, 0.15) is 0 Å². The molecule has 0 amide bonds. The summed E-state index contributed by atoms with van der Waals surface area (Å²) >= 11 is 0. The van der Waals surface area contributed by atoms with E-state index < -0.39 is 19.1 Å². The minimum Gasteiger partial charge on any atom is -0.409 e. The van der Waals surface area contributed by atoms with Gasteiger partial charge in [-0.3, -0.25) is 9.20 Å². The van der Waals surface area contributed by atoms with Crippen LogP contribution in [0.1, 0.15) is 32.8 Å². The molecule has 0 spiro atoms. The monoisotopic (exact) mass is 351 g/mol. The maximum atomic E-state index is 12.6. The van der Waals surface area contributed by atoms with Crippen molar-refractivity contribution in [1.29, 1.82) is 0 Å². The molecule has 23 heavy (non-hydrogen) atoms. The molecule has 1 aromatic carbocycles. The molecule has 0 radical (unpaired) electrons. The van der Waals surface area contributed by atoms with E-state index in [1.807, 2.05) is 31.2 Å². The highest BCUT2D eigenvalue weighted by molar-refractivity contribution is 7.85. The van der Waals surface area contributed by atoms with E-state index in [1.54, 1.807) is 0 Å². The van der Waals surface area contributed by atoms with Gasteiger partial charge in [0.15, 0.2) is 8.32 Å². The van der Waals surface area contributed by atoms with E-state index in [2.05, 4.69) is 38.9 Å². The minimum absolute atomic E-state index is 0.0466. The summed E-state index contributed by atoms with van der Waals surface area (Å²) in [4.78, 5) is 5.46. The molecule has 0 saturated carbocycles. The minimum atomic E-state index is -1.83. The largest absolute Gasteiger partial charge is 0.409 e. The second-order valence-corrected chi connectivity index (χ2v) is 14.0. The van der Waals surface area contributed by atoms with Crippen molar-refractivity contribution in [3.05, 3.63) is 29.8 Å². The first kappa shape index (κ1) is 18.6. The van der Waals surface area contributed by atoms with Crippen LogP contribution in [0.5, 0.6) is 0 Å². The smallest absolute Gasteiger partial charge is 0.192 e. The third-order valence-electron chi connectivity index (χ3n) is 4.88. The van der Waals surface area contributed by atoms with E-state index in [4.69, 9.17) is 4.43 Å². The molecule has 0 N–H and O–H groups in total. The molecule has 0 saturated heterocycles. The molecule has 1 heterocycles. The van der Waals surface area contributed by atoms with Gasteiger partial charge < -0.3 is 4.43 Å². The fourth-order valence-electron chi connectivity index (χ4n) is 2.30. The van der Waals surface area contributed by atoms with Gasteiger partial charge in [0.25, 0.3) is 0 Å². The lowest BCUT2D eigenvalue weighted by Crippen LogP contribution is -2.46. The van der Waals surface area contributed by atoms with Crippen LogP contribution < -0.4 is 0 Å². The van der Waals surface area contributed by atoms with Gasteiger partial charge in [0, 0.05) is 11.4 Å². The van der Waals surface area contributed by atoms with Gasteiger partial charge in [0.05, 0.1) is 28.4 Å². The molecule has 0 bridgehead atoms. The SMILES string of the molecule is Cc1ccc(S(=O)CC2=NCC[C@H]2O[Si](C)(C)C(C)(C)C)cc1. The molecule has 0 aromatic heterocycles. The van der Waals surface area contributed by atoms with Crippen molar-refractivity contribution in [2.45, 2.75) is 63.2 Å². The van der Waals surface area contributed by atoms with Crippen LogP contribution in [0.3, 0.4) is 0 Å². The summed E-state index contributed by atoms with van der Waals surface area (Å²) in [6, 6.07) is 7.91. The van der Waals surface area contributed by atoms with E-state index >= 15 is 0 Å². The van der Waals surface area contributed by atoms with Gasteiger partial charge in [-0.05, 0) is 43.6 Å². The van der Waals surface area contributed by atoms with Crippen LogP contribution in [-0.2, 0) is 15.2 Å². The highest BCUT2D eigenvalue weighted by Crippen LogP contribution is 2.38. The number of hydrogen-bond acceptors (Lipinski definition) is 3. The average molecular weight is 352 g/mol. The molecule has 0 fully saturated rings. The Kier molecular flexibility index (Phi) is 5.64. The Balaban J connectivity index is 2.05. The van der Waals surface area contributed by atoms with Crippen molar-refractivity contribution >= 4 is 24.8 Å². The van der Waals surface area contributed by atoms with E-state index in [0.29, 0.717) is 5.75 Å². The molecular formula is C18H29NO2SSi. The molecule has 1 aliphatic rings.